The van der Waals surface area contributed by atoms with Crippen molar-refractivity contribution in [3.8, 4) is 0 Å². The number of unbranched alkanes of at least 4 members (excludes halogenated alkanes) is 22. The first-order valence-corrected chi connectivity index (χ1v) is 20.9. The standard InChI is InChI=1S/C42H82N4O2/c1-3-5-7-9-11-13-15-17-19-21-23-25-27-29-31-33-41(47)44-36-39-46(38-35-43)40-37-45-42(48)34-32-30-28-26-24-22-20-18-16-14-12-10-8-6-4-2/h17-20H,3-16,21-40,43H2,1-2H3,(H,44,47)(H,45,48). The van der Waals surface area contributed by atoms with Crippen molar-refractivity contribution in [2.24, 2.45) is 5.73 Å². The van der Waals surface area contributed by atoms with Crippen LogP contribution in [0, 0.1) is 0 Å². The molecule has 0 saturated carbocycles. The molecule has 0 aromatic carbocycles. The van der Waals surface area contributed by atoms with Crippen LogP contribution < -0.4 is 16.4 Å². The van der Waals surface area contributed by atoms with E-state index in [0.717, 1.165) is 45.3 Å². The summed E-state index contributed by atoms with van der Waals surface area (Å²) in [7, 11) is 0. The first kappa shape index (κ1) is 46.3. The van der Waals surface area contributed by atoms with Crippen molar-refractivity contribution in [3.05, 3.63) is 24.3 Å². The maximum Gasteiger partial charge on any atom is 0.220 e. The van der Waals surface area contributed by atoms with E-state index in [1.54, 1.807) is 0 Å². The molecule has 0 heterocycles. The van der Waals surface area contributed by atoms with Crippen LogP contribution in [0.3, 0.4) is 0 Å². The molecule has 4 N–H and O–H groups in total. The normalized spacial score (nSPS) is 11.8. The molecule has 0 unspecified atom stereocenters. The van der Waals surface area contributed by atoms with Gasteiger partial charge in [-0.3, -0.25) is 14.5 Å². The molecule has 0 spiro atoms. The predicted molar refractivity (Wildman–Crippen MR) is 210 cm³/mol. The van der Waals surface area contributed by atoms with Gasteiger partial charge in [-0.05, 0) is 64.2 Å². The second-order valence-corrected chi connectivity index (χ2v) is 14.0. The van der Waals surface area contributed by atoms with E-state index in [0.29, 0.717) is 32.5 Å². The van der Waals surface area contributed by atoms with Crippen LogP contribution >= 0.6 is 0 Å². The number of amides is 2. The van der Waals surface area contributed by atoms with Gasteiger partial charge in [0.15, 0.2) is 0 Å². The molecule has 0 aliphatic heterocycles. The molecule has 0 aromatic rings. The molecule has 0 saturated heterocycles. The van der Waals surface area contributed by atoms with E-state index in [1.165, 1.54) is 141 Å². The first-order chi connectivity index (χ1) is 23.6. The number of hydrogen-bond acceptors (Lipinski definition) is 4. The smallest absolute Gasteiger partial charge is 0.220 e. The summed E-state index contributed by atoms with van der Waals surface area (Å²) in [6.45, 7) is 8.68. The average molecular weight is 675 g/mol. The minimum absolute atomic E-state index is 0.147. The maximum absolute atomic E-state index is 12.3. The molecule has 0 atom stereocenters. The van der Waals surface area contributed by atoms with Gasteiger partial charge in [-0.15, -0.1) is 0 Å². The SMILES string of the molecule is CCCCCCCCC=CCCCCCCCC(=O)NCCN(CCN)CCNC(=O)CCCCCCCC=CCCCCCCCC. The molecule has 282 valence electrons. The van der Waals surface area contributed by atoms with E-state index < -0.39 is 0 Å². The Bertz CT molecular complexity index is 681. The average Bonchev–Trinajstić information content (AvgIpc) is 3.08. The third-order valence-electron chi connectivity index (χ3n) is 9.28. The van der Waals surface area contributed by atoms with Gasteiger partial charge < -0.3 is 16.4 Å². The van der Waals surface area contributed by atoms with E-state index in [2.05, 4.69) is 53.7 Å². The highest BCUT2D eigenvalue weighted by Gasteiger charge is 2.07. The first-order valence-electron chi connectivity index (χ1n) is 20.9. The summed E-state index contributed by atoms with van der Waals surface area (Å²) in [6, 6.07) is 0. The molecule has 2 amide bonds. The lowest BCUT2D eigenvalue weighted by molar-refractivity contribution is -0.121. The molecule has 0 aliphatic rings. The van der Waals surface area contributed by atoms with E-state index in [9.17, 15) is 9.59 Å². The molecule has 6 heteroatoms. The zero-order valence-corrected chi connectivity index (χ0v) is 32.2. The van der Waals surface area contributed by atoms with E-state index in [-0.39, 0.29) is 11.8 Å². The van der Waals surface area contributed by atoms with Crippen LogP contribution in [0.25, 0.3) is 0 Å². The molecule has 48 heavy (non-hydrogen) atoms. The van der Waals surface area contributed by atoms with Crippen LogP contribution in [-0.2, 0) is 9.59 Å². The maximum atomic E-state index is 12.3. The van der Waals surface area contributed by atoms with E-state index >= 15 is 0 Å². The van der Waals surface area contributed by atoms with Crippen LogP contribution in [0.15, 0.2) is 24.3 Å². The van der Waals surface area contributed by atoms with Crippen LogP contribution in [0.4, 0.5) is 0 Å². The zero-order chi connectivity index (χ0) is 35.0. The summed E-state index contributed by atoms with van der Waals surface area (Å²) in [5.41, 5.74) is 5.81. The molecular weight excluding hydrogens is 592 g/mol. The Kier molecular flexibility index (Phi) is 38.4. The van der Waals surface area contributed by atoms with Gasteiger partial charge >= 0.3 is 0 Å². The quantitative estimate of drug-likeness (QED) is 0.0449. The van der Waals surface area contributed by atoms with E-state index in [1.807, 2.05) is 0 Å². The fourth-order valence-electron chi connectivity index (χ4n) is 6.11. The van der Waals surface area contributed by atoms with Crippen molar-refractivity contribution in [2.45, 2.75) is 194 Å². The zero-order valence-electron chi connectivity index (χ0n) is 32.2. The van der Waals surface area contributed by atoms with Gasteiger partial charge in [0.25, 0.3) is 0 Å². The third kappa shape index (κ3) is 37.2. The van der Waals surface area contributed by atoms with Gasteiger partial charge in [0.05, 0.1) is 0 Å². The Hall–Kier alpha value is -1.66. The lowest BCUT2D eigenvalue weighted by Crippen LogP contribution is -2.41. The molecular formula is C42H82N4O2. The number of nitrogens with zero attached hydrogens (tertiary/aromatic N) is 1. The predicted octanol–water partition coefficient (Wildman–Crippen LogP) is 10.6. The monoisotopic (exact) mass is 675 g/mol. The molecule has 0 aromatic heterocycles. The Balaban J connectivity index is 3.63. The summed E-state index contributed by atoms with van der Waals surface area (Å²) in [5.74, 6) is 0.294. The Morgan fingerprint density at radius 2 is 0.771 bits per heavy atom. The molecule has 6 nitrogen and oxygen atoms in total. The number of hydrogen-bond donors (Lipinski definition) is 3. The number of rotatable bonds is 38. The summed E-state index contributed by atoms with van der Waals surface area (Å²) in [6.07, 6.45) is 43.6. The van der Waals surface area contributed by atoms with Crippen molar-refractivity contribution in [1.29, 1.82) is 0 Å². The van der Waals surface area contributed by atoms with Gasteiger partial charge in [0.1, 0.15) is 0 Å². The number of nitrogens with one attached hydrogen (secondary N) is 2. The third-order valence-corrected chi connectivity index (χ3v) is 9.28. The topological polar surface area (TPSA) is 87.5 Å². The highest BCUT2D eigenvalue weighted by Crippen LogP contribution is 2.11. The number of carbonyl (C=O) groups excluding carboxylic acids is 2. The summed E-state index contributed by atoms with van der Waals surface area (Å²) in [4.78, 5) is 26.8. The van der Waals surface area contributed by atoms with Crippen molar-refractivity contribution in [3.63, 3.8) is 0 Å². The minimum atomic E-state index is 0.147. The van der Waals surface area contributed by atoms with Crippen LogP contribution in [0.2, 0.25) is 0 Å². The second-order valence-electron chi connectivity index (χ2n) is 14.0. The number of carbonyl (C=O) groups is 2. The molecule has 0 radical (unpaired) electrons. The van der Waals surface area contributed by atoms with Gasteiger partial charge in [-0.25, -0.2) is 0 Å². The summed E-state index contributed by atoms with van der Waals surface area (Å²) >= 11 is 0. The highest BCUT2D eigenvalue weighted by molar-refractivity contribution is 5.76. The lowest BCUT2D eigenvalue weighted by atomic mass is 10.1. The number of allylic oxidation sites excluding steroid dienone is 4. The van der Waals surface area contributed by atoms with Crippen molar-refractivity contribution in [1.82, 2.24) is 15.5 Å². The van der Waals surface area contributed by atoms with Gasteiger partial charge in [0, 0.05) is 52.1 Å². The van der Waals surface area contributed by atoms with Crippen LogP contribution in [0.1, 0.15) is 194 Å². The van der Waals surface area contributed by atoms with Crippen LogP contribution in [0.5, 0.6) is 0 Å². The summed E-state index contributed by atoms with van der Waals surface area (Å²) in [5, 5.41) is 6.14. The number of nitrogens with two attached hydrogens (primary N) is 1. The molecule has 0 aliphatic carbocycles. The summed E-state index contributed by atoms with van der Waals surface area (Å²) < 4.78 is 0. The fourth-order valence-corrected chi connectivity index (χ4v) is 6.11. The minimum Gasteiger partial charge on any atom is -0.355 e. The van der Waals surface area contributed by atoms with Gasteiger partial charge in [0.2, 0.25) is 11.8 Å². The highest BCUT2D eigenvalue weighted by atomic mass is 16.2. The van der Waals surface area contributed by atoms with Gasteiger partial charge in [-0.1, -0.05) is 141 Å². The van der Waals surface area contributed by atoms with Crippen molar-refractivity contribution < 1.29 is 9.59 Å². The van der Waals surface area contributed by atoms with Gasteiger partial charge in [-0.2, -0.15) is 0 Å². The second kappa shape index (κ2) is 39.8. The van der Waals surface area contributed by atoms with Crippen LogP contribution in [-0.4, -0.2) is 56.0 Å². The molecule has 0 fully saturated rings. The molecule has 0 bridgehead atoms. The van der Waals surface area contributed by atoms with Crippen molar-refractivity contribution in [2.75, 3.05) is 39.3 Å². The Morgan fingerprint density at radius 1 is 0.458 bits per heavy atom. The Morgan fingerprint density at radius 3 is 1.10 bits per heavy atom. The largest absolute Gasteiger partial charge is 0.355 e. The van der Waals surface area contributed by atoms with Crippen molar-refractivity contribution >= 4 is 11.8 Å². The fraction of sp³-hybridized carbons (Fsp3) is 0.857. The lowest BCUT2D eigenvalue weighted by Gasteiger charge is -2.22. The Labute approximate surface area is 299 Å². The van der Waals surface area contributed by atoms with E-state index in [4.69, 9.17) is 5.73 Å². The molecule has 0 rings (SSSR count).